The standard InChI is InChI=1S/C24H21Cl2N3O2S2/c1-14-6-4-5-11-27(14)20(30)13-28-22-21(15-9-10-17(25)18(26)12-15)33-24(32)29(22)19-8-3-2-7-16(19)23(28)31/h2-3,7-10,12,14H,4-6,11,13H2,1H3. The van der Waals surface area contributed by atoms with E-state index < -0.39 is 0 Å². The van der Waals surface area contributed by atoms with Crippen LogP contribution >= 0.6 is 46.8 Å². The molecule has 5 nitrogen and oxygen atoms in total. The van der Waals surface area contributed by atoms with E-state index in [2.05, 4.69) is 6.92 Å². The Bertz CT molecular complexity index is 1520. The van der Waals surface area contributed by atoms with Crippen LogP contribution in [0.5, 0.6) is 0 Å². The summed E-state index contributed by atoms with van der Waals surface area (Å²) in [5, 5.41) is 1.39. The third-order valence-electron chi connectivity index (χ3n) is 6.26. The third kappa shape index (κ3) is 3.91. The van der Waals surface area contributed by atoms with E-state index in [0.717, 1.165) is 35.2 Å². The van der Waals surface area contributed by atoms with E-state index >= 15 is 0 Å². The van der Waals surface area contributed by atoms with Gasteiger partial charge in [-0.1, -0.05) is 41.4 Å². The minimum atomic E-state index is -0.210. The number of fused-ring (bicyclic) bond motifs is 3. The van der Waals surface area contributed by atoms with E-state index in [9.17, 15) is 9.59 Å². The molecule has 4 aromatic rings. The van der Waals surface area contributed by atoms with Crippen LogP contribution in [0.2, 0.25) is 10.0 Å². The van der Waals surface area contributed by atoms with Crippen LogP contribution in [0.25, 0.3) is 27.0 Å². The van der Waals surface area contributed by atoms with Gasteiger partial charge in [0.15, 0.2) is 3.95 Å². The Morgan fingerprint density at radius 3 is 2.70 bits per heavy atom. The van der Waals surface area contributed by atoms with Gasteiger partial charge in [-0.15, -0.1) is 11.3 Å². The summed E-state index contributed by atoms with van der Waals surface area (Å²) in [5.41, 5.74) is 1.91. The Morgan fingerprint density at radius 2 is 1.94 bits per heavy atom. The summed E-state index contributed by atoms with van der Waals surface area (Å²) < 4.78 is 4.05. The molecule has 1 aliphatic rings. The van der Waals surface area contributed by atoms with Gasteiger partial charge in [-0.3, -0.25) is 18.6 Å². The maximum absolute atomic E-state index is 13.7. The highest BCUT2D eigenvalue weighted by molar-refractivity contribution is 7.73. The molecule has 2 aromatic heterocycles. The lowest BCUT2D eigenvalue weighted by atomic mass is 10.0. The molecule has 9 heteroatoms. The molecule has 1 fully saturated rings. The van der Waals surface area contributed by atoms with Crippen molar-refractivity contribution in [3.63, 3.8) is 0 Å². The second-order valence-electron chi connectivity index (χ2n) is 8.33. The fraction of sp³-hybridized carbons (Fsp3) is 0.292. The molecule has 0 N–H and O–H groups in total. The zero-order valence-electron chi connectivity index (χ0n) is 17.9. The molecule has 0 saturated carbocycles. The van der Waals surface area contributed by atoms with Gasteiger partial charge in [-0.05, 0) is 68.2 Å². The number of halogens is 2. The van der Waals surface area contributed by atoms with Crippen molar-refractivity contribution in [2.75, 3.05) is 6.54 Å². The van der Waals surface area contributed by atoms with Crippen LogP contribution < -0.4 is 5.56 Å². The van der Waals surface area contributed by atoms with Gasteiger partial charge in [-0.2, -0.15) is 0 Å². The van der Waals surface area contributed by atoms with Crippen LogP contribution in [-0.4, -0.2) is 32.4 Å². The van der Waals surface area contributed by atoms with Gasteiger partial charge in [0.2, 0.25) is 5.91 Å². The first-order chi connectivity index (χ1) is 15.9. The number of carbonyl (C=O) groups excluding carboxylic acids is 1. The largest absolute Gasteiger partial charge is 0.338 e. The second kappa shape index (κ2) is 8.87. The molecule has 1 aliphatic heterocycles. The lowest BCUT2D eigenvalue weighted by Gasteiger charge is -2.33. The van der Waals surface area contributed by atoms with Gasteiger partial charge >= 0.3 is 0 Å². The van der Waals surface area contributed by atoms with Gasteiger partial charge in [-0.25, -0.2) is 0 Å². The molecule has 1 unspecified atom stereocenters. The molecule has 1 saturated heterocycles. The minimum Gasteiger partial charge on any atom is -0.338 e. The Labute approximate surface area is 209 Å². The highest BCUT2D eigenvalue weighted by Crippen LogP contribution is 2.36. The summed E-state index contributed by atoms with van der Waals surface area (Å²) >= 11 is 19.6. The topological polar surface area (TPSA) is 46.7 Å². The van der Waals surface area contributed by atoms with Crippen molar-refractivity contribution < 1.29 is 4.79 Å². The molecule has 33 heavy (non-hydrogen) atoms. The Kier molecular flexibility index (Phi) is 6.07. The van der Waals surface area contributed by atoms with Crippen LogP contribution in [0.3, 0.4) is 0 Å². The minimum absolute atomic E-state index is 0.0443. The van der Waals surface area contributed by atoms with E-state index in [-0.39, 0.29) is 24.1 Å². The molecular weight excluding hydrogens is 497 g/mol. The maximum Gasteiger partial charge on any atom is 0.262 e. The number of likely N-dealkylation sites (tertiary alicyclic amines) is 1. The number of hydrogen-bond acceptors (Lipinski definition) is 4. The van der Waals surface area contributed by atoms with E-state index in [0.29, 0.717) is 31.6 Å². The van der Waals surface area contributed by atoms with Crippen molar-refractivity contribution in [3.8, 4) is 10.4 Å². The molecular formula is C24H21Cl2N3O2S2. The first-order valence-corrected chi connectivity index (χ1v) is 12.8. The van der Waals surface area contributed by atoms with Crippen molar-refractivity contribution in [1.82, 2.24) is 13.9 Å². The molecule has 3 heterocycles. The molecule has 5 rings (SSSR count). The number of aromatic nitrogens is 2. The van der Waals surface area contributed by atoms with Crippen molar-refractivity contribution in [3.05, 3.63) is 66.8 Å². The van der Waals surface area contributed by atoms with Crippen LogP contribution in [-0.2, 0) is 11.3 Å². The monoisotopic (exact) mass is 517 g/mol. The molecule has 1 amide bonds. The van der Waals surface area contributed by atoms with Gasteiger partial charge < -0.3 is 4.90 Å². The normalized spacial score (nSPS) is 16.6. The van der Waals surface area contributed by atoms with Crippen LogP contribution in [0.4, 0.5) is 0 Å². The third-order valence-corrected chi connectivity index (χ3v) is 8.41. The molecule has 1 atom stereocenters. The summed E-state index contributed by atoms with van der Waals surface area (Å²) in [6, 6.07) is 12.9. The number of nitrogens with zero attached hydrogens (tertiary/aromatic N) is 3. The Balaban J connectivity index is 1.78. The van der Waals surface area contributed by atoms with Gasteiger partial charge in [0.05, 0.1) is 25.8 Å². The summed E-state index contributed by atoms with van der Waals surface area (Å²) in [6.45, 7) is 2.74. The number of amides is 1. The average molecular weight is 518 g/mol. The number of carbonyl (C=O) groups is 1. The fourth-order valence-electron chi connectivity index (χ4n) is 4.58. The molecule has 0 aliphatic carbocycles. The van der Waals surface area contributed by atoms with Gasteiger partial charge in [0.1, 0.15) is 12.2 Å². The second-order valence-corrected chi connectivity index (χ2v) is 10.8. The smallest absolute Gasteiger partial charge is 0.262 e. The molecule has 0 radical (unpaired) electrons. The quantitative estimate of drug-likeness (QED) is 0.294. The number of thiazole rings is 1. The lowest BCUT2D eigenvalue weighted by Crippen LogP contribution is -2.44. The number of benzene rings is 2. The Hall–Kier alpha value is -2.19. The van der Waals surface area contributed by atoms with E-state index in [1.165, 1.54) is 11.3 Å². The maximum atomic E-state index is 13.7. The van der Waals surface area contributed by atoms with Crippen LogP contribution in [0.15, 0.2) is 47.3 Å². The average Bonchev–Trinajstić information content (AvgIpc) is 3.15. The number of piperidine rings is 1. The van der Waals surface area contributed by atoms with E-state index in [1.807, 2.05) is 33.6 Å². The first-order valence-electron chi connectivity index (χ1n) is 10.8. The lowest BCUT2D eigenvalue weighted by molar-refractivity contribution is -0.135. The van der Waals surface area contributed by atoms with Crippen LogP contribution in [0, 0.1) is 3.95 Å². The summed E-state index contributed by atoms with van der Waals surface area (Å²) in [4.78, 5) is 29.7. The molecule has 0 bridgehead atoms. The van der Waals surface area contributed by atoms with Crippen molar-refractivity contribution >= 4 is 69.2 Å². The van der Waals surface area contributed by atoms with Gasteiger partial charge in [0.25, 0.3) is 5.56 Å². The predicted octanol–water partition coefficient (Wildman–Crippen LogP) is 6.42. The zero-order valence-corrected chi connectivity index (χ0v) is 21.0. The molecule has 2 aromatic carbocycles. The van der Waals surface area contributed by atoms with Gasteiger partial charge in [0, 0.05) is 12.6 Å². The van der Waals surface area contributed by atoms with Crippen LogP contribution in [0.1, 0.15) is 26.2 Å². The summed E-state index contributed by atoms with van der Waals surface area (Å²) in [7, 11) is 0. The number of hydrogen-bond donors (Lipinski definition) is 0. The molecule has 170 valence electrons. The van der Waals surface area contributed by atoms with Crippen molar-refractivity contribution in [2.24, 2.45) is 0 Å². The fourth-order valence-corrected chi connectivity index (χ4v) is 6.30. The number of para-hydroxylation sites is 1. The highest BCUT2D eigenvalue weighted by atomic mass is 35.5. The predicted molar refractivity (Wildman–Crippen MR) is 138 cm³/mol. The summed E-state index contributed by atoms with van der Waals surface area (Å²) in [5.74, 6) is -0.0568. The highest BCUT2D eigenvalue weighted by Gasteiger charge is 2.26. The van der Waals surface area contributed by atoms with Crippen molar-refractivity contribution in [2.45, 2.75) is 38.8 Å². The first kappa shape index (κ1) is 22.6. The molecule has 0 spiro atoms. The van der Waals surface area contributed by atoms with Crippen molar-refractivity contribution in [1.29, 1.82) is 0 Å². The zero-order chi connectivity index (χ0) is 23.3. The van der Waals surface area contributed by atoms with E-state index in [1.54, 1.807) is 22.8 Å². The van der Waals surface area contributed by atoms with E-state index in [4.69, 9.17) is 35.4 Å². The Morgan fingerprint density at radius 1 is 1.15 bits per heavy atom. The SMILES string of the molecule is CC1CCCCN1C(=O)Cn1c(=O)c2ccccc2n2c(=S)sc(-c3ccc(Cl)c(Cl)c3)c12. The summed E-state index contributed by atoms with van der Waals surface area (Å²) in [6.07, 6.45) is 3.08. The number of rotatable bonds is 3.